The van der Waals surface area contributed by atoms with Gasteiger partial charge in [-0.2, -0.15) is 0 Å². The topological polar surface area (TPSA) is 21.3 Å². The minimum absolute atomic E-state index is 0.0320. The maximum Gasteiger partial charge on any atom is 0.148 e. The van der Waals surface area contributed by atoms with E-state index in [4.69, 9.17) is 4.84 Å². The highest BCUT2D eigenvalue weighted by atomic mass is 19.1. The Bertz CT molecular complexity index is 250. The molecule has 0 aliphatic carbocycles. The quantitative estimate of drug-likeness (QED) is 0.702. The molecule has 0 saturated heterocycles. The van der Waals surface area contributed by atoms with Crippen LogP contribution in [0.3, 0.4) is 0 Å². The summed E-state index contributed by atoms with van der Waals surface area (Å²) in [5.74, 6) is -0.307. The molecule has 0 heterocycles. The van der Waals surface area contributed by atoms with Gasteiger partial charge in [-0.3, -0.25) is 10.3 Å². The summed E-state index contributed by atoms with van der Waals surface area (Å²) >= 11 is 0. The Labute approximate surface area is 71.3 Å². The van der Waals surface area contributed by atoms with Gasteiger partial charge < -0.3 is 0 Å². The van der Waals surface area contributed by atoms with E-state index in [0.717, 1.165) is 0 Å². The van der Waals surface area contributed by atoms with E-state index < -0.39 is 0 Å². The van der Waals surface area contributed by atoms with Crippen molar-refractivity contribution in [2.24, 2.45) is 0 Å². The second-order valence-corrected chi connectivity index (χ2v) is 2.75. The smallest absolute Gasteiger partial charge is 0.148 e. The zero-order valence-corrected chi connectivity index (χ0v) is 7.17. The molecule has 12 heavy (non-hydrogen) atoms. The van der Waals surface area contributed by atoms with Crippen LogP contribution in [0.2, 0.25) is 0 Å². The fourth-order valence-electron chi connectivity index (χ4n) is 0.725. The highest BCUT2D eigenvalue weighted by molar-refractivity contribution is 5.41. The molecule has 66 valence electrons. The van der Waals surface area contributed by atoms with Crippen LogP contribution >= 0.6 is 0 Å². The molecule has 0 spiro atoms. The third kappa shape index (κ3) is 2.51. The summed E-state index contributed by atoms with van der Waals surface area (Å²) in [6.45, 7) is 3.74. The number of hydrogen-bond donors (Lipinski definition) is 1. The molecule has 0 aliphatic heterocycles. The molecular weight excluding hydrogens is 157 g/mol. The van der Waals surface area contributed by atoms with E-state index in [-0.39, 0.29) is 11.9 Å². The van der Waals surface area contributed by atoms with Crippen LogP contribution in [0.5, 0.6) is 0 Å². The summed E-state index contributed by atoms with van der Waals surface area (Å²) in [4.78, 5) is 5.02. The van der Waals surface area contributed by atoms with Gasteiger partial charge in [0, 0.05) is 0 Å². The summed E-state index contributed by atoms with van der Waals surface area (Å²) in [6, 6.07) is 6.38. The van der Waals surface area contributed by atoms with Gasteiger partial charge in [0.2, 0.25) is 0 Å². The van der Waals surface area contributed by atoms with Crippen LogP contribution in [0.1, 0.15) is 13.8 Å². The summed E-state index contributed by atoms with van der Waals surface area (Å²) < 4.78 is 12.9. The molecule has 1 rings (SSSR count). The van der Waals surface area contributed by atoms with Crippen LogP contribution in [-0.4, -0.2) is 6.10 Å². The third-order valence-electron chi connectivity index (χ3n) is 1.28. The molecule has 0 aliphatic rings. The molecular formula is C9H12FNO. The highest BCUT2D eigenvalue weighted by Gasteiger charge is 1.99. The molecule has 0 fully saturated rings. The van der Waals surface area contributed by atoms with Crippen LogP contribution < -0.4 is 5.48 Å². The van der Waals surface area contributed by atoms with Crippen molar-refractivity contribution < 1.29 is 9.23 Å². The molecule has 0 atom stereocenters. The summed E-state index contributed by atoms with van der Waals surface area (Å²) in [5, 5.41) is 0. The molecule has 0 radical (unpaired) electrons. The Morgan fingerprint density at radius 1 is 1.33 bits per heavy atom. The number of benzene rings is 1. The maximum absolute atomic E-state index is 12.9. The Kier molecular flexibility index (Phi) is 3.05. The molecule has 3 heteroatoms. The number of halogens is 1. The second-order valence-electron chi connectivity index (χ2n) is 2.75. The minimum atomic E-state index is -0.307. The summed E-state index contributed by atoms with van der Waals surface area (Å²) in [7, 11) is 0. The molecule has 2 nitrogen and oxygen atoms in total. The molecule has 1 aromatic rings. The van der Waals surface area contributed by atoms with Gasteiger partial charge in [-0.15, -0.1) is 0 Å². The number of hydrogen-bond acceptors (Lipinski definition) is 2. The first-order chi connectivity index (χ1) is 5.70. The predicted molar refractivity (Wildman–Crippen MR) is 46.2 cm³/mol. The molecule has 0 unspecified atom stereocenters. The number of nitrogens with one attached hydrogen (secondary N) is 1. The Morgan fingerprint density at radius 3 is 2.58 bits per heavy atom. The van der Waals surface area contributed by atoms with E-state index in [1.807, 2.05) is 13.8 Å². The molecule has 0 bridgehead atoms. The second kappa shape index (κ2) is 4.07. The highest BCUT2D eigenvalue weighted by Crippen LogP contribution is 2.12. The Morgan fingerprint density at radius 2 is 2.00 bits per heavy atom. The molecule has 0 aromatic heterocycles. The van der Waals surface area contributed by atoms with Gasteiger partial charge in [-0.25, -0.2) is 4.39 Å². The summed E-state index contributed by atoms with van der Waals surface area (Å²) in [5.41, 5.74) is 2.90. The van der Waals surface area contributed by atoms with E-state index in [1.54, 1.807) is 18.2 Å². The van der Waals surface area contributed by atoms with Gasteiger partial charge in [0.05, 0.1) is 11.8 Å². The van der Waals surface area contributed by atoms with Crippen molar-refractivity contribution in [3.05, 3.63) is 30.1 Å². The third-order valence-corrected chi connectivity index (χ3v) is 1.28. The molecule has 0 amide bonds. The lowest BCUT2D eigenvalue weighted by molar-refractivity contribution is 0.129. The van der Waals surface area contributed by atoms with E-state index in [0.29, 0.717) is 5.69 Å². The number of para-hydroxylation sites is 1. The lowest BCUT2D eigenvalue weighted by Crippen LogP contribution is -2.09. The average molecular weight is 169 g/mol. The lowest BCUT2D eigenvalue weighted by Gasteiger charge is -2.09. The van der Waals surface area contributed by atoms with Crippen molar-refractivity contribution >= 4 is 5.69 Å². The van der Waals surface area contributed by atoms with E-state index >= 15 is 0 Å². The van der Waals surface area contributed by atoms with Crippen LogP contribution in [0, 0.1) is 5.82 Å². The van der Waals surface area contributed by atoms with E-state index in [9.17, 15) is 4.39 Å². The standard InChI is InChI=1S/C9H12FNO/c1-7(2)12-11-9-6-4-3-5-8(9)10/h3-7,11H,1-2H3. The first-order valence-electron chi connectivity index (χ1n) is 3.86. The first kappa shape index (κ1) is 9.00. The minimum Gasteiger partial charge on any atom is -0.273 e. The molecule has 1 aromatic carbocycles. The van der Waals surface area contributed by atoms with Crippen molar-refractivity contribution in [2.45, 2.75) is 20.0 Å². The summed E-state index contributed by atoms with van der Waals surface area (Å²) in [6.07, 6.45) is 0.0320. The zero-order valence-electron chi connectivity index (χ0n) is 7.17. The molecule has 0 saturated carbocycles. The Balaban J connectivity index is 2.57. The fraction of sp³-hybridized carbons (Fsp3) is 0.333. The maximum atomic E-state index is 12.9. The van der Waals surface area contributed by atoms with Gasteiger partial charge in [0.1, 0.15) is 5.82 Å². The monoisotopic (exact) mass is 169 g/mol. The lowest BCUT2D eigenvalue weighted by atomic mass is 10.3. The van der Waals surface area contributed by atoms with Gasteiger partial charge in [-0.05, 0) is 26.0 Å². The number of anilines is 1. The predicted octanol–water partition coefficient (Wildman–Crippen LogP) is 2.58. The molecule has 1 N–H and O–H groups in total. The van der Waals surface area contributed by atoms with Crippen molar-refractivity contribution in [3.8, 4) is 0 Å². The van der Waals surface area contributed by atoms with Gasteiger partial charge in [-0.1, -0.05) is 12.1 Å². The van der Waals surface area contributed by atoms with Gasteiger partial charge >= 0.3 is 0 Å². The van der Waals surface area contributed by atoms with Crippen LogP contribution in [0.15, 0.2) is 24.3 Å². The van der Waals surface area contributed by atoms with Crippen LogP contribution in [0.4, 0.5) is 10.1 Å². The van der Waals surface area contributed by atoms with Crippen LogP contribution in [-0.2, 0) is 4.84 Å². The zero-order chi connectivity index (χ0) is 8.97. The largest absolute Gasteiger partial charge is 0.273 e. The van der Waals surface area contributed by atoms with E-state index in [2.05, 4.69) is 5.48 Å². The average Bonchev–Trinajstić information content (AvgIpc) is 2.03. The van der Waals surface area contributed by atoms with Gasteiger partial charge in [0.15, 0.2) is 0 Å². The normalized spacial score (nSPS) is 10.3. The Hall–Kier alpha value is -1.09. The fourth-order valence-corrected chi connectivity index (χ4v) is 0.725. The van der Waals surface area contributed by atoms with Crippen LogP contribution in [0.25, 0.3) is 0 Å². The van der Waals surface area contributed by atoms with Crippen molar-refractivity contribution in [3.63, 3.8) is 0 Å². The number of rotatable bonds is 3. The van der Waals surface area contributed by atoms with Crippen molar-refractivity contribution in [2.75, 3.05) is 5.48 Å². The van der Waals surface area contributed by atoms with Crippen molar-refractivity contribution in [1.82, 2.24) is 0 Å². The SMILES string of the molecule is CC(C)ONc1ccccc1F. The van der Waals surface area contributed by atoms with E-state index in [1.165, 1.54) is 6.07 Å². The van der Waals surface area contributed by atoms with Crippen molar-refractivity contribution in [1.29, 1.82) is 0 Å². The first-order valence-corrected chi connectivity index (χ1v) is 3.86. The van der Waals surface area contributed by atoms with Gasteiger partial charge in [0.25, 0.3) is 0 Å².